The summed E-state index contributed by atoms with van der Waals surface area (Å²) in [5.41, 5.74) is 3.87. The molecule has 4 rings (SSSR count). The van der Waals surface area contributed by atoms with Gasteiger partial charge in [0.2, 0.25) is 0 Å². The van der Waals surface area contributed by atoms with Crippen molar-refractivity contribution in [1.82, 2.24) is 4.90 Å². The van der Waals surface area contributed by atoms with E-state index in [1.165, 1.54) is 6.07 Å². The van der Waals surface area contributed by atoms with Gasteiger partial charge in [-0.15, -0.1) is 0 Å². The van der Waals surface area contributed by atoms with Gasteiger partial charge in [0.05, 0.1) is 36.1 Å². The number of hydrogen-bond donors (Lipinski definition) is 2. The second-order valence-corrected chi connectivity index (χ2v) is 10.4. The molecule has 0 saturated carbocycles. The molecule has 0 fully saturated rings. The summed E-state index contributed by atoms with van der Waals surface area (Å²) in [4.78, 5) is 30.6. The van der Waals surface area contributed by atoms with Gasteiger partial charge in [0.15, 0.2) is 5.78 Å². The van der Waals surface area contributed by atoms with E-state index in [0.29, 0.717) is 42.3 Å². The number of nitriles is 1. The highest BCUT2D eigenvalue weighted by Gasteiger charge is 2.32. The van der Waals surface area contributed by atoms with E-state index in [9.17, 15) is 20.0 Å². The van der Waals surface area contributed by atoms with Crippen molar-refractivity contribution >= 4 is 29.0 Å². The van der Waals surface area contributed by atoms with Crippen LogP contribution in [0.5, 0.6) is 5.75 Å². The number of fused-ring (bicyclic) bond motifs is 2. The van der Waals surface area contributed by atoms with Gasteiger partial charge in [-0.2, -0.15) is 5.26 Å². The summed E-state index contributed by atoms with van der Waals surface area (Å²) in [6.45, 7) is 7.73. The molecule has 0 bridgehead atoms. The summed E-state index contributed by atoms with van der Waals surface area (Å²) in [6, 6.07) is 9.13. The molecule has 188 valence electrons. The highest BCUT2D eigenvalue weighted by atomic mass is 16.5. The predicted molar refractivity (Wildman–Crippen MR) is 138 cm³/mol. The normalized spacial score (nSPS) is 14.6. The van der Waals surface area contributed by atoms with E-state index in [2.05, 4.69) is 26.8 Å². The fraction of sp³-hybridized carbons (Fsp3) is 0.407. The van der Waals surface area contributed by atoms with Gasteiger partial charge >= 0.3 is 5.97 Å². The third kappa shape index (κ3) is 4.47. The number of anilines is 2. The van der Waals surface area contributed by atoms with Gasteiger partial charge in [-0.3, -0.25) is 10.2 Å². The molecule has 2 N–H and O–H groups in total. The van der Waals surface area contributed by atoms with Crippen molar-refractivity contribution in [2.24, 2.45) is 0 Å². The molecular weight excluding hydrogens is 458 g/mol. The van der Waals surface area contributed by atoms with Crippen molar-refractivity contribution in [3.05, 3.63) is 52.1 Å². The van der Waals surface area contributed by atoms with Crippen molar-refractivity contribution in [1.29, 1.82) is 10.7 Å². The van der Waals surface area contributed by atoms with Crippen LogP contribution in [0.4, 0.5) is 11.4 Å². The molecule has 2 aliphatic heterocycles. The minimum atomic E-state index is -1.06. The molecule has 2 aromatic rings. The predicted octanol–water partition coefficient (Wildman–Crippen LogP) is 3.49. The summed E-state index contributed by atoms with van der Waals surface area (Å²) in [6.07, 6.45) is 0. The zero-order valence-electron chi connectivity index (χ0n) is 21.3. The van der Waals surface area contributed by atoms with Crippen LogP contribution in [0, 0.1) is 16.7 Å². The number of ketones is 1. The maximum atomic E-state index is 13.5. The number of carboxylic acids is 1. The van der Waals surface area contributed by atoms with Crippen LogP contribution in [-0.2, 0) is 12.0 Å². The molecule has 9 heteroatoms. The number of rotatable bonds is 6. The third-order valence-electron chi connectivity index (χ3n) is 6.61. The molecule has 2 aromatic carbocycles. The summed E-state index contributed by atoms with van der Waals surface area (Å²) < 4.78 is 5.99. The third-order valence-corrected chi connectivity index (χ3v) is 6.61. The zero-order valence-corrected chi connectivity index (χ0v) is 21.3. The smallest absolute Gasteiger partial charge is 0.337 e. The number of Topliss-reactive ketones (excluding diaryl/α,β-unsaturated/α-hetero) is 1. The molecule has 2 heterocycles. The molecule has 0 unspecified atom stereocenters. The minimum Gasteiger partial charge on any atom is -0.489 e. The van der Waals surface area contributed by atoms with Crippen LogP contribution in [0.2, 0.25) is 0 Å². The van der Waals surface area contributed by atoms with E-state index < -0.39 is 5.97 Å². The highest BCUT2D eigenvalue weighted by molar-refractivity contribution is 6.08. The summed E-state index contributed by atoms with van der Waals surface area (Å²) in [7, 11) is 3.55. The minimum absolute atomic E-state index is 0.0192. The van der Waals surface area contributed by atoms with E-state index in [0.717, 1.165) is 16.8 Å². The van der Waals surface area contributed by atoms with Crippen molar-refractivity contribution in [3.63, 3.8) is 0 Å². The van der Waals surface area contributed by atoms with Gasteiger partial charge < -0.3 is 24.5 Å². The number of aromatic carboxylic acids is 1. The number of carboxylic acid groups (broad SMARTS) is 1. The maximum absolute atomic E-state index is 13.5. The average molecular weight is 490 g/mol. The first kappa shape index (κ1) is 25.0. The van der Waals surface area contributed by atoms with Crippen LogP contribution in [0.25, 0.3) is 0 Å². The van der Waals surface area contributed by atoms with Crippen LogP contribution < -0.4 is 14.5 Å². The molecule has 0 saturated heterocycles. The van der Waals surface area contributed by atoms with Gasteiger partial charge in [0.25, 0.3) is 0 Å². The van der Waals surface area contributed by atoms with E-state index >= 15 is 0 Å². The van der Waals surface area contributed by atoms with Crippen molar-refractivity contribution < 1.29 is 19.4 Å². The number of amidine groups is 1. The zero-order chi connectivity index (χ0) is 26.4. The lowest BCUT2D eigenvalue weighted by atomic mass is 9.84. The lowest BCUT2D eigenvalue weighted by molar-refractivity contribution is 0.0697. The van der Waals surface area contributed by atoms with E-state index in [1.807, 2.05) is 11.0 Å². The molecule has 9 nitrogen and oxygen atoms in total. The first-order chi connectivity index (χ1) is 16.9. The summed E-state index contributed by atoms with van der Waals surface area (Å²) in [5.74, 6) is -0.375. The molecule has 0 atom stereocenters. The Bertz CT molecular complexity index is 1300. The molecule has 0 aliphatic carbocycles. The quantitative estimate of drug-likeness (QED) is 0.467. The molecule has 0 aromatic heterocycles. The van der Waals surface area contributed by atoms with Crippen molar-refractivity contribution in [3.8, 4) is 11.8 Å². The van der Waals surface area contributed by atoms with E-state index in [4.69, 9.17) is 10.1 Å². The Balaban J connectivity index is 1.67. The Labute approximate surface area is 211 Å². The molecule has 2 aliphatic rings. The molecule has 0 radical (unpaired) electrons. The Morgan fingerprint density at radius 2 is 1.92 bits per heavy atom. The molecule has 0 amide bonds. The van der Waals surface area contributed by atoms with Gasteiger partial charge in [-0.25, -0.2) is 4.79 Å². The monoisotopic (exact) mass is 489 g/mol. The summed E-state index contributed by atoms with van der Waals surface area (Å²) >= 11 is 0. The number of hydrogen-bond acceptors (Lipinski definition) is 7. The molecule has 36 heavy (non-hydrogen) atoms. The van der Waals surface area contributed by atoms with Crippen LogP contribution in [-0.4, -0.2) is 67.9 Å². The van der Waals surface area contributed by atoms with Gasteiger partial charge in [0.1, 0.15) is 24.7 Å². The highest BCUT2D eigenvalue weighted by Crippen LogP contribution is 2.42. The second kappa shape index (κ2) is 9.19. The molecular formula is C27H31N5O4. The van der Waals surface area contributed by atoms with Crippen molar-refractivity contribution in [2.75, 3.05) is 50.1 Å². The Kier molecular flexibility index (Phi) is 6.39. The average Bonchev–Trinajstić information content (AvgIpc) is 3.11. The summed E-state index contributed by atoms with van der Waals surface area (Å²) in [5, 5.41) is 27.6. The lowest BCUT2D eigenvalue weighted by Gasteiger charge is -2.34. The van der Waals surface area contributed by atoms with Crippen LogP contribution in [0.3, 0.4) is 0 Å². The number of carbonyl (C=O) groups excluding carboxylic acids is 1. The largest absolute Gasteiger partial charge is 0.489 e. The Morgan fingerprint density at radius 1 is 1.19 bits per heavy atom. The first-order valence-electron chi connectivity index (χ1n) is 11.8. The second-order valence-electron chi connectivity index (χ2n) is 10.4. The Hall–Kier alpha value is -4.06. The van der Waals surface area contributed by atoms with Crippen LogP contribution >= 0.6 is 0 Å². The number of ether oxygens (including phenoxy) is 1. The fourth-order valence-electron chi connectivity index (χ4n) is 4.72. The lowest BCUT2D eigenvalue weighted by Crippen LogP contribution is -2.35. The molecule has 0 spiro atoms. The van der Waals surface area contributed by atoms with Gasteiger partial charge in [0, 0.05) is 37.3 Å². The number of benzene rings is 2. The first-order valence-corrected chi connectivity index (χ1v) is 11.8. The SMILES string of the molecule is CN(C)c1cc2c(cc1C(=O)O)C(=N)N(CC(=O)c1cc3c(c(C(C)(C)C)c1)OCCN3CC#N)C2. The topological polar surface area (TPSA) is 121 Å². The maximum Gasteiger partial charge on any atom is 0.337 e. The van der Waals surface area contributed by atoms with E-state index in [-0.39, 0.29) is 35.7 Å². The standard InChI is InChI=1S/C27H31N5O4/c1-27(2,3)20-10-16(11-22-24(20)36-9-8-31(22)7-6-28)23(33)15-32-14-17-12-21(30(4)5)19(26(34)35)13-18(17)25(32)29/h10-13,29H,7-9,14-15H2,1-5H3,(H,34,35). The fourth-order valence-corrected chi connectivity index (χ4v) is 4.72. The van der Waals surface area contributed by atoms with E-state index in [1.54, 1.807) is 36.0 Å². The number of carbonyl (C=O) groups is 2. The van der Waals surface area contributed by atoms with Gasteiger partial charge in [-0.1, -0.05) is 20.8 Å². The van der Waals surface area contributed by atoms with Crippen molar-refractivity contribution in [2.45, 2.75) is 32.7 Å². The van der Waals surface area contributed by atoms with Crippen LogP contribution in [0.15, 0.2) is 24.3 Å². The number of nitrogens with zero attached hydrogens (tertiary/aromatic N) is 4. The van der Waals surface area contributed by atoms with Crippen LogP contribution in [0.1, 0.15) is 58.2 Å². The number of nitrogens with one attached hydrogen (secondary N) is 1. The van der Waals surface area contributed by atoms with Gasteiger partial charge in [-0.05, 0) is 35.2 Å². The Morgan fingerprint density at radius 3 is 2.53 bits per heavy atom.